The fourth-order valence-corrected chi connectivity index (χ4v) is 2.05. The predicted molar refractivity (Wildman–Crippen MR) is 53.8 cm³/mol. The fourth-order valence-electron chi connectivity index (χ4n) is 2.05. The number of aliphatic hydroxyl groups excluding tert-OH is 1. The molecule has 2 atom stereocenters. The number of nitrogens with zero attached hydrogens (tertiary/aromatic N) is 2. The van der Waals surface area contributed by atoms with Crippen molar-refractivity contribution in [2.75, 3.05) is 13.1 Å². The minimum absolute atomic E-state index is 0.344. The average Bonchev–Trinajstić information content (AvgIpc) is 2.87. The monoisotopic (exact) mass is 195 g/mol. The van der Waals surface area contributed by atoms with Gasteiger partial charge in [0.15, 0.2) is 0 Å². The highest BCUT2D eigenvalue weighted by atomic mass is 16.3. The number of hydrogen-bond donors (Lipinski definition) is 2. The Morgan fingerprint density at radius 1 is 1.79 bits per heavy atom. The van der Waals surface area contributed by atoms with Crippen LogP contribution in [0, 0.1) is 5.92 Å². The number of nitrogens with one attached hydrogen (secondary N) is 1. The Bertz CT molecular complexity index is 291. The lowest BCUT2D eigenvalue weighted by Crippen LogP contribution is -2.19. The van der Waals surface area contributed by atoms with Gasteiger partial charge < -0.3 is 10.4 Å². The van der Waals surface area contributed by atoms with Crippen molar-refractivity contribution in [3.63, 3.8) is 0 Å². The second kappa shape index (κ2) is 4.11. The summed E-state index contributed by atoms with van der Waals surface area (Å²) in [5, 5.41) is 17.5. The van der Waals surface area contributed by atoms with Crippen molar-refractivity contribution in [2.45, 2.75) is 26.0 Å². The second-order valence-electron chi connectivity index (χ2n) is 3.77. The highest BCUT2D eigenvalue weighted by molar-refractivity contribution is 5.06. The molecule has 1 saturated heterocycles. The lowest BCUT2D eigenvalue weighted by molar-refractivity contribution is 0.109. The quantitative estimate of drug-likeness (QED) is 0.740. The molecule has 0 aliphatic carbocycles. The summed E-state index contributed by atoms with van der Waals surface area (Å²) in [6.07, 6.45) is 2.44. The van der Waals surface area contributed by atoms with Gasteiger partial charge in [-0.2, -0.15) is 5.10 Å². The molecule has 1 aliphatic rings. The Balaban J connectivity index is 2.12. The topological polar surface area (TPSA) is 50.1 Å². The van der Waals surface area contributed by atoms with E-state index in [1.54, 1.807) is 6.20 Å². The van der Waals surface area contributed by atoms with Gasteiger partial charge >= 0.3 is 0 Å². The van der Waals surface area contributed by atoms with Gasteiger partial charge in [-0.1, -0.05) is 0 Å². The molecule has 4 nitrogen and oxygen atoms in total. The van der Waals surface area contributed by atoms with E-state index in [0.717, 1.165) is 31.7 Å². The van der Waals surface area contributed by atoms with Crippen molar-refractivity contribution in [2.24, 2.45) is 5.92 Å². The van der Waals surface area contributed by atoms with Crippen LogP contribution in [-0.2, 0) is 6.54 Å². The van der Waals surface area contributed by atoms with Crippen LogP contribution in [0.15, 0.2) is 12.3 Å². The number of aryl methyl sites for hydroxylation is 1. The zero-order chi connectivity index (χ0) is 9.97. The summed E-state index contributed by atoms with van der Waals surface area (Å²) in [5.74, 6) is 0.344. The Kier molecular flexibility index (Phi) is 2.84. The molecule has 78 valence electrons. The zero-order valence-corrected chi connectivity index (χ0v) is 8.48. The highest BCUT2D eigenvalue weighted by Crippen LogP contribution is 2.26. The van der Waals surface area contributed by atoms with E-state index < -0.39 is 0 Å². The van der Waals surface area contributed by atoms with Crippen molar-refractivity contribution in [3.05, 3.63) is 18.0 Å². The van der Waals surface area contributed by atoms with E-state index >= 15 is 0 Å². The number of aliphatic hydroxyl groups is 1. The van der Waals surface area contributed by atoms with E-state index in [2.05, 4.69) is 10.4 Å². The van der Waals surface area contributed by atoms with E-state index in [0.29, 0.717) is 5.92 Å². The summed E-state index contributed by atoms with van der Waals surface area (Å²) in [6.45, 7) is 4.79. The van der Waals surface area contributed by atoms with Crippen LogP contribution in [0.5, 0.6) is 0 Å². The maximum absolute atomic E-state index is 10.1. The Morgan fingerprint density at radius 3 is 3.29 bits per heavy atom. The molecule has 2 unspecified atom stereocenters. The number of aromatic nitrogens is 2. The normalized spacial score (nSPS) is 24.0. The van der Waals surface area contributed by atoms with E-state index in [1.807, 2.05) is 17.7 Å². The summed E-state index contributed by atoms with van der Waals surface area (Å²) >= 11 is 0. The van der Waals surface area contributed by atoms with Crippen molar-refractivity contribution in [1.29, 1.82) is 0 Å². The van der Waals surface area contributed by atoms with Crippen LogP contribution in [0.25, 0.3) is 0 Å². The molecule has 4 heteroatoms. The van der Waals surface area contributed by atoms with Gasteiger partial charge in [-0.25, -0.2) is 0 Å². The standard InChI is InChI=1S/C10H17N3O/c1-2-13-9(4-6-12-13)10(14)8-3-5-11-7-8/h4,6,8,10-11,14H,2-3,5,7H2,1H3. The molecule has 2 rings (SSSR count). The average molecular weight is 195 g/mol. The largest absolute Gasteiger partial charge is 0.386 e. The fraction of sp³-hybridized carbons (Fsp3) is 0.700. The van der Waals surface area contributed by atoms with Gasteiger partial charge in [-0.05, 0) is 26.0 Å². The summed E-state index contributed by atoms with van der Waals surface area (Å²) in [7, 11) is 0. The third-order valence-electron chi connectivity index (χ3n) is 2.90. The summed E-state index contributed by atoms with van der Waals surface area (Å²) in [5.41, 5.74) is 0.946. The molecule has 0 amide bonds. The van der Waals surface area contributed by atoms with Crippen LogP contribution >= 0.6 is 0 Å². The molecule has 2 heterocycles. The van der Waals surface area contributed by atoms with Crippen molar-refractivity contribution in [3.8, 4) is 0 Å². The van der Waals surface area contributed by atoms with Gasteiger partial charge in [0.05, 0.1) is 11.8 Å². The van der Waals surface area contributed by atoms with Gasteiger partial charge in [-0.3, -0.25) is 4.68 Å². The third kappa shape index (κ3) is 1.67. The molecule has 0 saturated carbocycles. The first-order chi connectivity index (χ1) is 6.83. The van der Waals surface area contributed by atoms with Crippen LogP contribution in [0.3, 0.4) is 0 Å². The Hall–Kier alpha value is -0.870. The third-order valence-corrected chi connectivity index (χ3v) is 2.90. The maximum Gasteiger partial charge on any atom is 0.0997 e. The molecule has 2 N–H and O–H groups in total. The van der Waals surface area contributed by atoms with Gasteiger partial charge in [0.2, 0.25) is 0 Å². The van der Waals surface area contributed by atoms with Crippen LogP contribution < -0.4 is 5.32 Å². The van der Waals surface area contributed by atoms with Crippen molar-refractivity contribution in [1.82, 2.24) is 15.1 Å². The molecule has 1 aliphatic heterocycles. The molecule has 1 aromatic rings. The lowest BCUT2D eigenvalue weighted by Gasteiger charge is -2.17. The summed E-state index contributed by atoms with van der Waals surface area (Å²) < 4.78 is 1.86. The first-order valence-electron chi connectivity index (χ1n) is 5.23. The Morgan fingerprint density at radius 2 is 2.64 bits per heavy atom. The molecular formula is C10H17N3O. The molecule has 1 aromatic heterocycles. The second-order valence-corrected chi connectivity index (χ2v) is 3.77. The van der Waals surface area contributed by atoms with Crippen LogP contribution in [0.1, 0.15) is 25.1 Å². The van der Waals surface area contributed by atoms with Crippen LogP contribution in [0.4, 0.5) is 0 Å². The van der Waals surface area contributed by atoms with Crippen molar-refractivity contribution >= 4 is 0 Å². The summed E-state index contributed by atoms with van der Waals surface area (Å²) in [6, 6.07) is 1.91. The number of rotatable bonds is 3. The van der Waals surface area contributed by atoms with Gasteiger partial charge in [-0.15, -0.1) is 0 Å². The molecule has 0 aromatic carbocycles. The van der Waals surface area contributed by atoms with E-state index in [1.165, 1.54) is 0 Å². The van der Waals surface area contributed by atoms with Gasteiger partial charge in [0.25, 0.3) is 0 Å². The molecule has 0 bridgehead atoms. The SMILES string of the molecule is CCn1nccc1C(O)C1CCNC1. The summed E-state index contributed by atoms with van der Waals surface area (Å²) in [4.78, 5) is 0. The first kappa shape index (κ1) is 9.68. The Labute approximate surface area is 83.9 Å². The molecule has 14 heavy (non-hydrogen) atoms. The van der Waals surface area contributed by atoms with E-state index in [-0.39, 0.29) is 6.10 Å². The highest BCUT2D eigenvalue weighted by Gasteiger charge is 2.26. The molecular weight excluding hydrogens is 178 g/mol. The van der Waals surface area contributed by atoms with Gasteiger partial charge in [0, 0.05) is 25.2 Å². The lowest BCUT2D eigenvalue weighted by atomic mass is 9.99. The minimum atomic E-state index is -0.368. The first-order valence-corrected chi connectivity index (χ1v) is 5.23. The van der Waals surface area contributed by atoms with Crippen LogP contribution in [-0.4, -0.2) is 28.0 Å². The maximum atomic E-state index is 10.1. The van der Waals surface area contributed by atoms with Crippen LogP contribution in [0.2, 0.25) is 0 Å². The van der Waals surface area contributed by atoms with Crippen molar-refractivity contribution < 1.29 is 5.11 Å². The van der Waals surface area contributed by atoms with E-state index in [9.17, 15) is 5.11 Å². The number of hydrogen-bond acceptors (Lipinski definition) is 3. The minimum Gasteiger partial charge on any atom is -0.386 e. The molecule has 0 spiro atoms. The van der Waals surface area contributed by atoms with Gasteiger partial charge in [0.1, 0.15) is 0 Å². The molecule has 0 radical (unpaired) electrons. The van der Waals surface area contributed by atoms with E-state index in [4.69, 9.17) is 0 Å². The predicted octanol–water partition coefficient (Wildman–Crippen LogP) is 0.546. The molecule has 1 fully saturated rings. The smallest absolute Gasteiger partial charge is 0.0997 e. The zero-order valence-electron chi connectivity index (χ0n) is 8.48.